The van der Waals surface area contributed by atoms with E-state index in [0.717, 1.165) is 36.7 Å². The van der Waals surface area contributed by atoms with Gasteiger partial charge >= 0.3 is 0 Å². The number of fused-ring (bicyclic) bond motifs is 5. The first-order chi connectivity index (χ1) is 16.7. The standard InChI is InChI=1S/C33H42O2/c1-31(35)19-20-32(2)25(21-31)13-14-26-27-15-16-29(33(27,3)18-17-28(26)32)30(34)24-11-9-23(10-12-24)22-7-5-4-6-8-22/h4-12,25-29,35H,13-21H2,1-3H3/t25-,26-,27-,28-,29+,31+,32-,33-/m0/s1. The van der Waals surface area contributed by atoms with Crippen molar-refractivity contribution < 1.29 is 9.90 Å². The molecule has 2 heteroatoms. The highest BCUT2D eigenvalue weighted by atomic mass is 16.3. The van der Waals surface area contributed by atoms with E-state index in [-0.39, 0.29) is 11.3 Å². The average Bonchev–Trinajstić information content (AvgIpc) is 3.22. The highest BCUT2D eigenvalue weighted by molar-refractivity contribution is 5.99. The molecule has 0 amide bonds. The predicted octanol–water partition coefficient (Wildman–Crippen LogP) is 7.95. The number of Topliss-reactive ketones (excluding diaryl/α,β-unsaturated/α-hetero) is 1. The van der Waals surface area contributed by atoms with Gasteiger partial charge in [-0.25, -0.2) is 0 Å². The van der Waals surface area contributed by atoms with Crippen LogP contribution in [0.3, 0.4) is 0 Å². The lowest BCUT2D eigenvalue weighted by Crippen LogP contribution is -2.55. The fourth-order valence-corrected chi connectivity index (χ4v) is 9.52. The Labute approximate surface area is 211 Å². The number of ketones is 1. The number of aliphatic hydroxyl groups is 1. The van der Waals surface area contributed by atoms with Crippen LogP contribution >= 0.6 is 0 Å². The van der Waals surface area contributed by atoms with Crippen LogP contribution in [0.1, 0.15) is 88.9 Å². The van der Waals surface area contributed by atoms with Gasteiger partial charge in [-0.1, -0.05) is 68.4 Å². The van der Waals surface area contributed by atoms with Crippen molar-refractivity contribution in [3.05, 3.63) is 60.2 Å². The van der Waals surface area contributed by atoms with E-state index in [4.69, 9.17) is 0 Å². The third kappa shape index (κ3) is 3.74. The Morgan fingerprint density at radius 3 is 2.17 bits per heavy atom. The lowest BCUT2D eigenvalue weighted by Gasteiger charge is -2.61. The molecule has 2 nitrogen and oxygen atoms in total. The highest BCUT2D eigenvalue weighted by Crippen LogP contribution is 2.68. The van der Waals surface area contributed by atoms with Gasteiger partial charge in [0.15, 0.2) is 5.78 Å². The van der Waals surface area contributed by atoms with Crippen LogP contribution in [-0.2, 0) is 0 Å². The van der Waals surface area contributed by atoms with Crippen LogP contribution in [0.4, 0.5) is 0 Å². The second-order valence-corrected chi connectivity index (χ2v) is 13.3. The molecular weight excluding hydrogens is 428 g/mol. The maximum Gasteiger partial charge on any atom is 0.166 e. The Morgan fingerprint density at radius 1 is 0.743 bits per heavy atom. The van der Waals surface area contributed by atoms with Crippen molar-refractivity contribution in [3.8, 4) is 11.1 Å². The zero-order chi connectivity index (χ0) is 24.4. The number of hydrogen-bond acceptors (Lipinski definition) is 2. The zero-order valence-corrected chi connectivity index (χ0v) is 21.8. The van der Waals surface area contributed by atoms with Crippen LogP contribution in [-0.4, -0.2) is 16.5 Å². The molecule has 2 aromatic carbocycles. The van der Waals surface area contributed by atoms with Crippen LogP contribution in [0.25, 0.3) is 11.1 Å². The lowest BCUT2D eigenvalue weighted by atomic mass is 9.44. The van der Waals surface area contributed by atoms with E-state index in [2.05, 4.69) is 69.3 Å². The molecule has 4 aliphatic rings. The van der Waals surface area contributed by atoms with Crippen molar-refractivity contribution in [2.24, 2.45) is 40.4 Å². The molecule has 0 heterocycles. The highest BCUT2D eigenvalue weighted by Gasteiger charge is 2.61. The molecule has 1 N–H and O–H groups in total. The first-order valence-electron chi connectivity index (χ1n) is 14.1. The van der Waals surface area contributed by atoms with Gasteiger partial charge in [0.05, 0.1) is 5.60 Å². The van der Waals surface area contributed by atoms with E-state index in [9.17, 15) is 9.90 Å². The van der Waals surface area contributed by atoms with E-state index in [1.807, 2.05) is 6.07 Å². The van der Waals surface area contributed by atoms with Crippen molar-refractivity contribution in [1.82, 2.24) is 0 Å². The summed E-state index contributed by atoms with van der Waals surface area (Å²) < 4.78 is 0. The summed E-state index contributed by atoms with van der Waals surface area (Å²) in [6.07, 6.45) is 10.4. The summed E-state index contributed by atoms with van der Waals surface area (Å²) in [5, 5.41) is 10.8. The first-order valence-corrected chi connectivity index (χ1v) is 14.1. The predicted molar refractivity (Wildman–Crippen MR) is 142 cm³/mol. The molecule has 4 fully saturated rings. The maximum absolute atomic E-state index is 13.8. The topological polar surface area (TPSA) is 37.3 Å². The smallest absolute Gasteiger partial charge is 0.166 e. The van der Waals surface area contributed by atoms with Gasteiger partial charge < -0.3 is 5.11 Å². The van der Waals surface area contributed by atoms with Gasteiger partial charge in [-0.3, -0.25) is 4.79 Å². The summed E-state index contributed by atoms with van der Waals surface area (Å²) in [5.74, 6) is 3.42. The van der Waals surface area contributed by atoms with E-state index in [0.29, 0.717) is 23.0 Å². The molecule has 4 aliphatic carbocycles. The summed E-state index contributed by atoms with van der Waals surface area (Å²) in [7, 11) is 0. The third-order valence-corrected chi connectivity index (χ3v) is 11.5. The van der Waals surface area contributed by atoms with Crippen LogP contribution in [0, 0.1) is 40.4 Å². The van der Waals surface area contributed by atoms with Crippen molar-refractivity contribution in [3.63, 3.8) is 0 Å². The maximum atomic E-state index is 13.8. The van der Waals surface area contributed by atoms with E-state index in [1.54, 1.807) is 0 Å². The molecule has 4 saturated carbocycles. The summed E-state index contributed by atoms with van der Waals surface area (Å²) in [5.41, 5.74) is 3.31. The van der Waals surface area contributed by atoms with Gasteiger partial charge in [0.1, 0.15) is 0 Å². The number of benzene rings is 2. The van der Waals surface area contributed by atoms with E-state index in [1.165, 1.54) is 49.7 Å². The minimum atomic E-state index is -0.471. The minimum Gasteiger partial charge on any atom is -0.390 e. The number of hydrogen-bond donors (Lipinski definition) is 1. The number of rotatable bonds is 3. The SMILES string of the molecule is C[C@@]1(O)CC[C@@]2(C)[C@@H](CC[C@@H]3[C@@H]2CC[C@]2(C)[C@@H](C(=O)c4ccc(-c5ccccc5)cc4)CC[C@@H]32)C1. The Morgan fingerprint density at radius 2 is 1.43 bits per heavy atom. The quantitative estimate of drug-likeness (QED) is 0.462. The largest absolute Gasteiger partial charge is 0.390 e. The molecular formula is C33H42O2. The van der Waals surface area contributed by atoms with Crippen LogP contribution < -0.4 is 0 Å². The fourth-order valence-electron chi connectivity index (χ4n) is 9.52. The second-order valence-electron chi connectivity index (χ2n) is 13.3. The molecule has 0 bridgehead atoms. The molecule has 0 radical (unpaired) electrons. The van der Waals surface area contributed by atoms with Crippen molar-refractivity contribution >= 4 is 5.78 Å². The molecule has 8 atom stereocenters. The van der Waals surface area contributed by atoms with E-state index >= 15 is 0 Å². The summed E-state index contributed by atoms with van der Waals surface area (Å²) in [6, 6.07) is 18.8. The van der Waals surface area contributed by atoms with Crippen molar-refractivity contribution in [2.45, 2.75) is 84.2 Å². The molecule has 6 rings (SSSR count). The monoisotopic (exact) mass is 470 g/mol. The van der Waals surface area contributed by atoms with E-state index < -0.39 is 5.60 Å². The van der Waals surface area contributed by atoms with Crippen molar-refractivity contribution in [2.75, 3.05) is 0 Å². The van der Waals surface area contributed by atoms with Gasteiger partial charge in [0.2, 0.25) is 0 Å². The zero-order valence-electron chi connectivity index (χ0n) is 21.8. The summed E-state index contributed by atoms with van der Waals surface area (Å²) in [6.45, 7) is 7.07. The van der Waals surface area contributed by atoms with Crippen LogP contribution in [0.2, 0.25) is 0 Å². The van der Waals surface area contributed by atoms with Gasteiger partial charge in [-0.05, 0) is 110 Å². The van der Waals surface area contributed by atoms with Gasteiger partial charge in [0, 0.05) is 11.5 Å². The van der Waals surface area contributed by atoms with Crippen LogP contribution in [0.5, 0.6) is 0 Å². The van der Waals surface area contributed by atoms with Gasteiger partial charge in [-0.2, -0.15) is 0 Å². The molecule has 0 aliphatic heterocycles. The molecule has 0 saturated heterocycles. The average molecular weight is 471 g/mol. The molecule has 2 aromatic rings. The van der Waals surface area contributed by atoms with Gasteiger partial charge in [0.25, 0.3) is 0 Å². The second kappa shape index (κ2) is 8.30. The summed E-state index contributed by atoms with van der Waals surface area (Å²) >= 11 is 0. The Hall–Kier alpha value is -1.93. The normalized spacial score (nSPS) is 42.6. The molecule has 0 spiro atoms. The summed E-state index contributed by atoms with van der Waals surface area (Å²) in [4.78, 5) is 13.8. The molecule has 186 valence electrons. The lowest BCUT2D eigenvalue weighted by molar-refractivity contribution is -0.144. The Bertz CT molecular complexity index is 1090. The fraction of sp³-hybridized carbons (Fsp3) is 0.606. The van der Waals surface area contributed by atoms with Gasteiger partial charge in [-0.15, -0.1) is 0 Å². The molecule has 0 aromatic heterocycles. The number of carbonyl (C=O) groups is 1. The third-order valence-electron chi connectivity index (χ3n) is 11.5. The van der Waals surface area contributed by atoms with Crippen LogP contribution in [0.15, 0.2) is 54.6 Å². The molecule has 35 heavy (non-hydrogen) atoms. The first kappa shape index (κ1) is 23.5. The molecule has 0 unspecified atom stereocenters. The number of carbonyl (C=O) groups excluding carboxylic acids is 1. The van der Waals surface area contributed by atoms with Crippen molar-refractivity contribution in [1.29, 1.82) is 0 Å². The Balaban J connectivity index is 1.21. The minimum absolute atomic E-state index is 0.139. The Kier molecular flexibility index (Phi) is 5.57.